The van der Waals surface area contributed by atoms with Crippen LogP contribution in [0.1, 0.15) is 46.5 Å². The molecule has 2 saturated carbocycles. The standard InChI is InChI=1S/C22H29FO5/c1-12-8-16-15-5-4-13-9-14(25)6-7-19(13,2)21(15,23)17(26)10-20(16,3)22(12,28)18(27)11-24/h4,6-7,12,15-17,24,26,28H,5,8-11H2,1-3H3/t12?,15?,16?,17-,19-,20-,21?,22?/m0/s1. The van der Waals surface area contributed by atoms with Crippen molar-refractivity contribution in [3.05, 3.63) is 23.8 Å². The first-order valence-electron chi connectivity index (χ1n) is 10.1. The molecule has 0 aromatic carbocycles. The third-order valence-electron chi connectivity index (χ3n) is 8.75. The monoisotopic (exact) mass is 392 g/mol. The van der Waals surface area contributed by atoms with Gasteiger partial charge in [0.05, 0.1) is 6.10 Å². The Morgan fingerprint density at radius 2 is 2.00 bits per heavy atom. The van der Waals surface area contributed by atoms with Crippen molar-refractivity contribution >= 4 is 11.6 Å². The van der Waals surface area contributed by atoms with Gasteiger partial charge in [0, 0.05) is 23.2 Å². The summed E-state index contributed by atoms with van der Waals surface area (Å²) in [5, 5.41) is 32.0. The van der Waals surface area contributed by atoms with Crippen molar-refractivity contribution in [3.8, 4) is 0 Å². The number of rotatable bonds is 2. The van der Waals surface area contributed by atoms with E-state index in [1.54, 1.807) is 26.8 Å². The smallest absolute Gasteiger partial charge is 0.190 e. The normalized spacial score (nSPS) is 52.5. The Labute approximate surface area is 164 Å². The fraction of sp³-hybridized carbons (Fsp3) is 0.727. The predicted octanol–water partition coefficient (Wildman–Crippen LogP) is 1.90. The summed E-state index contributed by atoms with van der Waals surface area (Å²) in [6, 6.07) is 0. The maximum Gasteiger partial charge on any atom is 0.190 e. The Morgan fingerprint density at radius 3 is 2.64 bits per heavy atom. The van der Waals surface area contributed by atoms with Crippen LogP contribution in [0.25, 0.3) is 0 Å². The number of carbonyl (C=O) groups is 2. The minimum absolute atomic E-state index is 0.0676. The van der Waals surface area contributed by atoms with Gasteiger partial charge in [0.1, 0.15) is 12.2 Å². The lowest BCUT2D eigenvalue weighted by atomic mass is 9.45. The van der Waals surface area contributed by atoms with Crippen LogP contribution in [0.3, 0.4) is 0 Å². The number of ketones is 2. The summed E-state index contributed by atoms with van der Waals surface area (Å²) in [7, 11) is 0. The summed E-state index contributed by atoms with van der Waals surface area (Å²) in [5.41, 5.74) is -5.18. The van der Waals surface area contributed by atoms with E-state index in [-0.39, 0.29) is 24.5 Å². The van der Waals surface area contributed by atoms with Gasteiger partial charge in [-0.2, -0.15) is 0 Å². The van der Waals surface area contributed by atoms with Crippen LogP contribution in [0.5, 0.6) is 0 Å². The van der Waals surface area contributed by atoms with Crippen LogP contribution in [-0.2, 0) is 9.59 Å². The van der Waals surface area contributed by atoms with Crippen LogP contribution in [0.2, 0.25) is 0 Å². The molecule has 0 aromatic rings. The lowest BCUT2D eigenvalue weighted by Gasteiger charge is -2.62. The largest absolute Gasteiger partial charge is 0.390 e. The molecule has 4 aliphatic carbocycles. The molecule has 4 aliphatic rings. The van der Waals surface area contributed by atoms with Gasteiger partial charge >= 0.3 is 0 Å². The third-order valence-corrected chi connectivity index (χ3v) is 8.75. The highest BCUT2D eigenvalue weighted by molar-refractivity contribution is 5.93. The zero-order chi connectivity index (χ0) is 20.7. The van der Waals surface area contributed by atoms with Gasteiger partial charge < -0.3 is 15.3 Å². The van der Waals surface area contributed by atoms with E-state index in [2.05, 4.69) is 0 Å². The second-order valence-corrected chi connectivity index (χ2v) is 9.75. The van der Waals surface area contributed by atoms with Crippen LogP contribution in [-0.4, -0.2) is 50.9 Å². The lowest BCUT2D eigenvalue weighted by Crippen LogP contribution is -2.69. The molecule has 0 bridgehead atoms. The summed E-state index contributed by atoms with van der Waals surface area (Å²) in [6.07, 6.45) is 4.41. The number of aliphatic hydroxyl groups is 3. The minimum atomic E-state index is -1.98. The second-order valence-electron chi connectivity index (χ2n) is 9.75. The van der Waals surface area contributed by atoms with Crippen molar-refractivity contribution in [1.82, 2.24) is 0 Å². The highest BCUT2D eigenvalue weighted by Gasteiger charge is 2.75. The summed E-state index contributed by atoms with van der Waals surface area (Å²) in [4.78, 5) is 24.4. The Bertz CT molecular complexity index is 805. The number of hydrogen-bond donors (Lipinski definition) is 3. The maximum absolute atomic E-state index is 16.9. The Kier molecular flexibility index (Phi) is 4.15. The molecule has 154 valence electrons. The Hall–Kier alpha value is -1.37. The van der Waals surface area contributed by atoms with Gasteiger partial charge in [-0.3, -0.25) is 9.59 Å². The second kappa shape index (κ2) is 5.83. The van der Waals surface area contributed by atoms with E-state index < -0.39 is 52.4 Å². The van der Waals surface area contributed by atoms with Gasteiger partial charge in [-0.1, -0.05) is 31.6 Å². The zero-order valence-corrected chi connectivity index (χ0v) is 16.6. The molecule has 0 spiro atoms. The summed E-state index contributed by atoms with van der Waals surface area (Å²) >= 11 is 0. The molecule has 5 unspecified atom stereocenters. The van der Waals surface area contributed by atoms with Crippen molar-refractivity contribution in [1.29, 1.82) is 0 Å². The maximum atomic E-state index is 16.9. The molecule has 0 aromatic heterocycles. The van der Waals surface area contributed by atoms with E-state index >= 15 is 4.39 Å². The molecule has 3 N–H and O–H groups in total. The number of allylic oxidation sites excluding steroid dienone is 4. The highest BCUT2D eigenvalue weighted by atomic mass is 19.1. The molecule has 0 amide bonds. The predicted molar refractivity (Wildman–Crippen MR) is 99.9 cm³/mol. The van der Waals surface area contributed by atoms with Crippen LogP contribution in [0, 0.1) is 28.6 Å². The Balaban J connectivity index is 1.85. The quantitative estimate of drug-likeness (QED) is 0.624. The van der Waals surface area contributed by atoms with Gasteiger partial charge in [-0.05, 0) is 44.1 Å². The summed E-state index contributed by atoms with van der Waals surface area (Å²) < 4.78 is 16.9. The molecule has 0 aliphatic heterocycles. The van der Waals surface area contributed by atoms with Crippen molar-refractivity contribution in [3.63, 3.8) is 0 Å². The number of hydrogen-bond acceptors (Lipinski definition) is 5. The van der Waals surface area contributed by atoms with E-state index in [9.17, 15) is 24.9 Å². The number of carbonyl (C=O) groups excluding carboxylic acids is 2. The molecule has 8 atom stereocenters. The Morgan fingerprint density at radius 1 is 1.32 bits per heavy atom. The number of aliphatic hydroxyl groups excluding tert-OH is 2. The van der Waals surface area contributed by atoms with Crippen molar-refractivity contribution in [2.24, 2.45) is 28.6 Å². The number of fused-ring (bicyclic) bond motifs is 5. The topological polar surface area (TPSA) is 94.8 Å². The van der Waals surface area contributed by atoms with Crippen LogP contribution in [0.15, 0.2) is 23.8 Å². The molecule has 2 fully saturated rings. The zero-order valence-electron chi connectivity index (χ0n) is 16.6. The summed E-state index contributed by atoms with van der Waals surface area (Å²) in [5.74, 6) is -2.09. The lowest BCUT2D eigenvalue weighted by molar-refractivity contribution is -0.215. The van der Waals surface area contributed by atoms with Crippen molar-refractivity contribution < 1.29 is 29.3 Å². The van der Waals surface area contributed by atoms with Gasteiger partial charge in [-0.15, -0.1) is 0 Å². The molecule has 5 nitrogen and oxygen atoms in total. The van der Waals surface area contributed by atoms with Crippen molar-refractivity contribution in [2.45, 2.75) is 63.8 Å². The first kappa shape index (κ1) is 19.9. The highest BCUT2D eigenvalue weighted by Crippen LogP contribution is 2.70. The van der Waals surface area contributed by atoms with Crippen LogP contribution in [0.4, 0.5) is 4.39 Å². The fourth-order valence-corrected chi connectivity index (χ4v) is 7.17. The molecular formula is C22H29FO5. The molecule has 6 heteroatoms. The first-order chi connectivity index (χ1) is 13.0. The first-order valence-corrected chi connectivity index (χ1v) is 10.1. The van der Waals surface area contributed by atoms with E-state index in [0.29, 0.717) is 18.4 Å². The van der Waals surface area contributed by atoms with Crippen LogP contribution < -0.4 is 0 Å². The molecule has 4 rings (SSSR count). The van der Waals surface area contributed by atoms with E-state index in [1.807, 2.05) is 6.08 Å². The van der Waals surface area contributed by atoms with E-state index in [1.165, 1.54) is 6.08 Å². The molecule has 28 heavy (non-hydrogen) atoms. The average Bonchev–Trinajstić information content (AvgIpc) is 2.84. The molecule has 0 radical (unpaired) electrons. The van der Waals surface area contributed by atoms with Gasteiger partial charge in [0.2, 0.25) is 0 Å². The third kappa shape index (κ3) is 2.01. The average molecular weight is 392 g/mol. The molecular weight excluding hydrogens is 363 g/mol. The van der Waals surface area contributed by atoms with Gasteiger partial charge in [-0.25, -0.2) is 4.39 Å². The molecule has 0 heterocycles. The number of alkyl halides is 1. The fourth-order valence-electron chi connectivity index (χ4n) is 7.17. The SMILES string of the molecule is CC1CC2C3CC=C4CC(=O)C=C[C@]4(C)C3(F)[C@@H](O)C[C@]2(C)C1(O)C(=O)CO. The summed E-state index contributed by atoms with van der Waals surface area (Å²) in [6.45, 7) is 4.47. The number of halogens is 1. The van der Waals surface area contributed by atoms with Crippen molar-refractivity contribution in [2.75, 3.05) is 6.61 Å². The van der Waals surface area contributed by atoms with E-state index in [4.69, 9.17) is 0 Å². The van der Waals surface area contributed by atoms with Crippen LogP contribution >= 0.6 is 0 Å². The molecule has 0 saturated heterocycles. The van der Waals surface area contributed by atoms with Gasteiger partial charge in [0.15, 0.2) is 17.2 Å². The van der Waals surface area contributed by atoms with Gasteiger partial charge in [0.25, 0.3) is 0 Å². The number of Topliss-reactive ketones (excluding diaryl/α,β-unsaturated/α-hetero) is 1. The minimum Gasteiger partial charge on any atom is -0.390 e. The van der Waals surface area contributed by atoms with E-state index in [0.717, 1.165) is 0 Å².